The van der Waals surface area contributed by atoms with Gasteiger partial charge in [0.15, 0.2) is 0 Å². The van der Waals surface area contributed by atoms with Crippen molar-refractivity contribution >= 4 is 5.78 Å². The Morgan fingerprint density at radius 3 is 2.55 bits per heavy atom. The lowest BCUT2D eigenvalue weighted by molar-refractivity contribution is -0.125. The van der Waals surface area contributed by atoms with Crippen LogP contribution in [0.5, 0.6) is 0 Å². The van der Waals surface area contributed by atoms with Gasteiger partial charge in [0.1, 0.15) is 0 Å². The summed E-state index contributed by atoms with van der Waals surface area (Å²) in [4.78, 5) is 10.5. The number of alkyl halides is 2. The van der Waals surface area contributed by atoms with Crippen molar-refractivity contribution in [3.05, 3.63) is 11.8 Å². The molecule has 0 atom stereocenters. The number of carbonyl (C=O) groups excluding carboxylic acids is 1. The summed E-state index contributed by atoms with van der Waals surface area (Å²) in [6.07, 6.45) is -1.89. The van der Waals surface area contributed by atoms with Gasteiger partial charge in [-0.25, -0.2) is 8.78 Å². The van der Waals surface area contributed by atoms with Crippen molar-refractivity contribution in [3.63, 3.8) is 0 Å². The summed E-state index contributed by atoms with van der Waals surface area (Å²) in [6, 6.07) is 0. The Morgan fingerprint density at radius 2 is 2.18 bits per heavy atom. The number of ether oxygens (including phenoxy) is 1. The molecule has 0 aliphatic heterocycles. The molecular weight excluding hydrogens is 154 g/mol. The minimum absolute atomic E-state index is 0.0538. The van der Waals surface area contributed by atoms with Crippen molar-refractivity contribution < 1.29 is 18.3 Å². The van der Waals surface area contributed by atoms with Gasteiger partial charge in [0.05, 0.1) is 12.9 Å². The monoisotopic (exact) mass is 164 g/mol. The number of rotatable bonds is 4. The second kappa shape index (κ2) is 4.82. The first-order chi connectivity index (χ1) is 5.09. The fourth-order valence-corrected chi connectivity index (χ4v) is 0.439. The van der Waals surface area contributed by atoms with Crippen LogP contribution in [0.4, 0.5) is 8.78 Å². The molecule has 64 valence electrons. The third kappa shape index (κ3) is 3.70. The Labute approximate surface area is 63.8 Å². The molecular formula is C7H10F2O2. The zero-order valence-corrected chi connectivity index (χ0v) is 6.43. The summed E-state index contributed by atoms with van der Waals surface area (Å²) < 4.78 is 28.0. The molecule has 0 fully saturated rings. The van der Waals surface area contributed by atoms with Crippen molar-refractivity contribution in [1.82, 2.24) is 0 Å². The summed E-state index contributed by atoms with van der Waals surface area (Å²) in [5.41, 5.74) is -0.0538. The van der Waals surface area contributed by atoms with Crippen LogP contribution in [0.1, 0.15) is 13.8 Å². The molecule has 0 spiro atoms. The van der Waals surface area contributed by atoms with E-state index >= 15 is 0 Å². The Hall–Kier alpha value is -0.930. The second-order valence-electron chi connectivity index (χ2n) is 1.92. The molecule has 0 aromatic carbocycles. The molecule has 0 heterocycles. The van der Waals surface area contributed by atoms with Crippen molar-refractivity contribution in [2.24, 2.45) is 0 Å². The fourth-order valence-electron chi connectivity index (χ4n) is 0.439. The molecule has 0 N–H and O–H groups in total. The van der Waals surface area contributed by atoms with E-state index in [0.717, 1.165) is 6.26 Å². The maximum atomic E-state index is 11.7. The van der Waals surface area contributed by atoms with Crippen LogP contribution in [-0.4, -0.2) is 18.8 Å². The van der Waals surface area contributed by atoms with Crippen LogP contribution in [0, 0.1) is 0 Å². The fraction of sp³-hybridized carbons (Fsp3) is 0.571. The smallest absolute Gasteiger partial charge is 0.300 e. The van der Waals surface area contributed by atoms with Gasteiger partial charge in [-0.15, -0.1) is 0 Å². The highest BCUT2D eigenvalue weighted by Crippen LogP contribution is 2.04. The number of halogens is 2. The summed E-state index contributed by atoms with van der Waals surface area (Å²) in [5.74, 6) is -1.18. The van der Waals surface area contributed by atoms with Crippen molar-refractivity contribution in [1.29, 1.82) is 0 Å². The SMILES string of the molecule is CCOC=C(C)C(=O)C(F)F. The third-order valence-electron chi connectivity index (χ3n) is 1.01. The van der Waals surface area contributed by atoms with E-state index < -0.39 is 12.2 Å². The summed E-state index contributed by atoms with van der Waals surface area (Å²) in [6.45, 7) is 3.37. The van der Waals surface area contributed by atoms with Crippen LogP contribution < -0.4 is 0 Å². The minimum atomic E-state index is -2.94. The standard InChI is InChI=1S/C7H10F2O2/c1-3-11-4-5(2)6(10)7(8)9/h4,7H,3H2,1-2H3. The summed E-state index contributed by atoms with van der Waals surface area (Å²) in [5, 5.41) is 0. The average Bonchev–Trinajstić information content (AvgIpc) is 1.98. The minimum Gasteiger partial charge on any atom is -0.501 e. The Balaban J connectivity index is 4.01. The highest BCUT2D eigenvalue weighted by Gasteiger charge is 2.16. The van der Waals surface area contributed by atoms with E-state index in [1.807, 2.05) is 0 Å². The van der Waals surface area contributed by atoms with E-state index in [2.05, 4.69) is 4.74 Å². The van der Waals surface area contributed by atoms with Crippen LogP contribution >= 0.6 is 0 Å². The Bertz CT molecular complexity index is 164. The zero-order chi connectivity index (χ0) is 8.85. The molecule has 0 bridgehead atoms. The molecule has 0 rings (SSSR count). The summed E-state index contributed by atoms with van der Waals surface area (Å²) >= 11 is 0. The predicted octanol–water partition coefficient (Wildman–Crippen LogP) is 1.76. The molecule has 0 aromatic rings. The first-order valence-corrected chi connectivity index (χ1v) is 3.20. The summed E-state index contributed by atoms with van der Waals surface area (Å²) in [7, 11) is 0. The first-order valence-electron chi connectivity index (χ1n) is 3.20. The van der Waals surface area contributed by atoms with E-state index in [-0.39, 0.29) is 5.57 Å². The molecule has 4 heteroatoms. The molecule has 0 unspecified atom stereocenters. The van der Waals surface area contributed by atoms with Gasteiger partial charge >= 0.3 is 0 Å². The van der Waals surface area contributed by atoms with E-state index in [9.17, 15) is 13.6 Å². The van der Waals surface area contributed by atoms with Crippen LogP contribution in [0.2, 0.25) is 0 Å². The van der Waals surface area contributed by atoms with E-state index in [4.69, 9.17) is 0 Å². The number of ketones is 1. The van der Waals surface area contributed by atoms with Gasteiger partial charge < -0.3 is 4.74 Å². The molecule has 0 aliphatic carbocycles. The van der Waals surface area contributed by atoms with Crippen LogP contribution in [0.15, 0.2) is 11.8 Å². The van der Waals surface area contributed by atoms with Gasteiger partial charge in [0.25, 0.3) is 6.43 Å². The Morgan fingerprint density at radius 1 is 1.64 bits per heavy atom. The molecule has 0 radical (unpaired) electrons. The molecule has 0 saturated carbocycles. The first kappa shape index (κ1) is 10.1. The Kier molecular flexibility index (Phi) is 4.41. The van der Waals surface area contributed by atoms with E-state index in [1.54, 1.807) is 6.92 Å². The highest BCUT2D eigenvalue weighted by molar-refractivity contribution is 5.96. The van der Waals surface area contributed by atoms with Crippen LogP contribution in [0.3, 0.4) is 0 Å². The number of carbonyl (C=O) groups is 1. The number of hydrogen-bond acceptors (Lipinski definition) is 2. The molecule has 0 saturated heterocycles. The quantitative estimate of drug-likeness (QED) is 0.467. The number of Topliss-reactive ketones (excluding diaryl/α,β-unsaturated/α-hetero) is 1. The lowest BCUT2D eigenvalue weighted by Gasteiger charge is -1.98. The molecule has 2 nitrogen and oxygen atoms in total. The normalized spacial score (nSPS) is 11.9. The van der Waals surface area contributed by atoms with Crippen molar-refractivity contribution in [2.75, 3.05) is 6.61 Å². The topological polar surface area (TPSA) is 26.3 Å². The van der Waals surface area contributed by atoms with Gasteiger partial charge in [-0.05, 0) is 13.8 Å². The van der Waals surface area contributed by atoms with Gasteiger partial charge in [-0.3, -0.25) is 4.79 Å². The largest absolute Gasteiger partial charge is 0.501 e. The lowest BCUT2D eigenvalue weighted by Crippen LogP contribution is -2.11. The van der Waals surface area contributed by atoms with E-state index in [0.29, 0.717) is 6.61 Å². The second-order valence-corrected chi connectivity index (χ2v) is 1.92. The molecule has 0 aromatic heterocycles. The number of hydrogen-bond donors (Lipinski definition) is 0. The third-order valence-corrected chi connectivity index (χ3v) is 1.01. The zero-order valence-electron chi connectivity index (χ0n) is 6.43. The lowest BCUT2D eigenvalue weighted by atomic mass is 10.2. The van der Waals surface area contributed by atoms with Gasteiger partial charge in [-0.1, -0.05) is 0 Å². The van der Waals surface area contributed by atoms with E-state index in [1.165, 1.54) is 6.92 Å². The maximum Gasteiger partial charge on any atom is 0.300 e. The average molecular weight is 164 g/mol. The van der Waals surface area contributed by atoms with Gasteiger partial charge in [-0.2, -0.15) is 0 Å². The maximum absolute atomic E-state index is 11.7. The molecule has 11 heavy (non-hydrogen) atoms. The number of allylic oxidation sites excluding steroid dienone is 1. The van der Waals surface area contributed by atoms with Crippen LogP contribution in [-0.2, 0) is 9.53 Å². The van der Waals surface area contributed by atoms with Gasteiger partial charge in [0, 0.05) is 5.57 Å². The van der Waals surface area contributed by atoms with Crippen LogP contribution in [0.25, 0.3) is 0 Å². The van der Waals surface area contributed by atoms with Crippen molar-refractivity contribution in [2.45, 2.75) is 20.3 Å². The predicted molar refractivity (Wildman–Crippen MR) is 36.4 cm³/mol. The van der Waals surface area contributed by atoms with Crippen molar-refractivity contribution in [3.8, 4) is 0 Å². The molecule has 0 amide bonds. The molecule has 0 aliphatic rings. The van der Waals surface area contributed by atoms with Gasteiger partial charge in [0.2, 0.25) is 5.78 Å². The highest BCUT2D eigenvalue weighted by atomic mass is 19.3.